The predicted octanol–water partition coefficient (Wildman–Crippen LogP) is 6.81. The van der Waals surface area contributed by atoms with Crippen molar-refractivity contribution in [2.45, 2.75) is 39.5 Å². The largest absolute Gasteiger partial charge is 0.486 e. The van der Waals surface area contributed by atoms with E-state index in [1.54, 1.807) is 37.4 Å². The highest BCUT2D eigenvalue weighted by molar-refractivity contribution is 5.79. The number of hydrogen-bond acceptors (Lipinski definition) is 4. The monoisotopic (exact) mass is 468 g/mol. The van der Waals surface area contributed by atoms with Gasteiger partial charge in [-0.15, -0.1) is 0 Å². The van der Waals surface area contributed by atoms with Crippen LogP contribution in [0.1, 0.15) is 43.1 Å². The number of fused-ring (bicyclic) bond motifs is 1. The minimum absolute atomic E-state index is 0.292. The molecule has 0 spiro atoms. The van der Waals surface area contributed by atoms with Crippen molar-refractivity contribution >= 4 is 16.9 Å². The van der Waals surface area contributed by atoms with Gasteiger partial charge < -0.3 is 9.47 Å². The van der Waals surface area contributed by atoms with E-state index in [0.29, 0.717) is 29.1 Å². The van der Waals surface area contributed by atoms with Gasteiger partial charge in [-0.05, 0) is 67.4 Å². The molecule has 0 aliphatic heterocycles. The molecule has 0 N–H and O–H groups in total. The highest BCUT2D eigenvalue weighted by Crippen LogP contribution is 2.31. The van der Waals surface area contributed by atoms with Gasteiger partial charge in [0.2, 0.25) is 0 Å². The van der Waals surface area contributed by atoms with Gasteiger partial charge in [-0.2, -0.15) is 18.3 Å². The summed E-state index contributed by atoms with van der Waals surface area (Å²) in [5.74, 6) is 0.812. The van der Waals surface area contributed by atoms with E-state index >= 15 is 0 Å². The van der Waals surface area contributed by atoms with Gasteiger partial charge in [-0.3, -0.25) is 4.79 Å². The van der Waals surface area contributed by atoms with Crippen LogP contribution >= 0.6 is 0 Å². The van der Waals surface area contributed by atoms with Crippen molar-refractivity contribution in [3.05, 3.63) is 83.6 Å². The maximum absolute atomic E-state index is 13.1. The van der Waals surface area contributed by atoms with Crippen molar-refractivity contribution in [2.75, 3.05) is 0 Å². The fraction of sp³-hybridized carbons (Fsp3) is 0.231. The predicted molar refractivity (Wildman–Crippen MR) is 122 cm³/mol. The zero-order chi connectivity index (χ0) is 24.5. The van der Waals surface area contributed by atoms with Crippen LogP contribution in [0.4, 0.5) is 13.2 Å². The molecular formula is C26H23F3N2O3. The maximum Gasteiger partial charge on any atom is 0.416 e. The Hall–Kier alpha value is -3.81. The first-order valence-corrected chi connectivity index (χ1v) is 10.8. The molecule has 0 aliphatic rings. The summed E-state index contributed by atoms with van der Waals surface area (Å²) in [5, 5.41) is 5.26. The molecule has 4 aromatic rings. The topological polar surface area (TPSA) is 53.4 Å². The lowest BCUT2D eigenvalue weighted by Gasteiger charge is -2.16. The Bertz CT molecular complexity index is 1340. The number of benzene rings is 3. The van der Waals surface area contributed by atoms with E-state index in [-0.39, 0.29) is 12.1 Å². The first-order valence-electron chi connectivity index (χ1n) is 10.8. The number of carbonyl (C=O) groups excluding carboxylic acids is 1. The molecule has 34 heavy (non-hydrogen) atoms. The summed E-state index contributed by atoms with van der Waals surface area (Å²) in [5.41, 5.74) is 1.89. The van der Waals surface area contributed by atoms with Crippen molar-refractivity contribution in [3.8, 4) is 17.2 Å². The van der Waals surface area contributed by atoms with Crippen LogP contribution in [0, 0.1) is 6.92 Å². The van der Waals surface area contributed by atoms with Crippen molar-refractivity contribution in [3.63, 3.8) is 0 Å². The molecule has 0 fully saturated rings. The molecule has 0 aliphatic carbocycles. The highest BCUT2D eigenvalue weighted by Gasteiger charge is 2.30. The van der Waals surface area contributed by atoms with Crippen LogP contribution in [0.2, 0.25) is 0 Å². The molecule has 0 radical (unpaired) electrons. The number of aryl methyl sites for hydroxylation is 1. The smallest absolute Gasteiger partial charge is 0.416 e. The molecule has 176 valence electrons. The van der Waals surface area contributed by atoms with Crippen molar-refractivity contribution in [1.29, 1.82) is 0 Å². The Kier molecular flexibility index (Phi) is 6.32. The molecule has 3 aromatic carbocycles. The lowest BCUT2D eigenvalue weighted by molar-refractivity contribution is -0.137. The third kappa shape index (κ3) is 5.06. The molecule has 0 saturated heterocycles. The second-order valence-corrected chi connectivity index (χ2v) is 7.96. The number of halogens is 3. The van der Waals surface area contributed by atoms with Gasteiger partial charge in [-0.25, -0.2) is 4.68 Å². The Morgan fingerprint density at radius 3 is 2.59 bits per heavy atom. The average Bonchev–Trinajstić information content (AvgIpc) is 3.24. The number of nitrogens with zero attached hydrogens (tertiary/aromatic N) is 2. The number of ether oxygens (including phenoxy) is 2. The third-order valence-electron chi connectivity index (χ3n) is 5.41. The Labute approximate surface area is 194 Å². The number of rotatable bonds is 6. The van der Waals surface area contributed by atoms with E-state index in [1.807, 2.05) is 32.0 Å². The normalized spacial score (nSPS) is 12.5. The summed E-state index contributed by atoms with van der Waals surface area (Å²) in [6, 6.07) is 15.9. The molecule has 8 heteroatoms. The number of esters is 1. The fourth-order valence-corrected chi connectivity index (χ4v) is 3.52. The van der Waals surface area contributed by atoms with Gasteiger partial charge in [0, 0.05) is 18.0 Å². The molecule has 0 saturated carbocycles. The minimum Gasteiger partial charge on any atom is -0.486 e. The maximum atomic E-state index is 13.1. The van der Waals surface area contributed by atoms with Crippen LogP contribution in [0.5, 0.6) is 11.5 Å². The summed E-state index contributed by atoms with van der Waals surface area (Å²) in [4.78, 5) is 11.5. The zero-order valence-corrected chi connectivity index (χ0v) is 18.9. The van der Waals surface area contributed by atoms with Crippen LogP contribution < -0.4 is 9.47 Å². The second-order valence-electron chi connectivity index (χ2n) is 7.96. The molecule has 1 aromatic heterocycles. The van der Waals surface area contributed by atoms with E-state index in [1.165, 1.54) is 10.7 Å². The minimum atomic E-state index is -4.42. The molecule has 5 nitrogen and oxygen atoms in total. The third-order valence-corrected chi connectivity index (χ3v) is 5.41. The van der Waals surface area contributed by atoms with Gasteiger partial charge in [0.25, 0.3) is 0 Å². The molecule has 1 unspecified atom stereocenters. The second kappa shape index (κ2) is 9.21. The van der Waals surface area contributed by atoms with E-state index in [0.717, 1.165) is 28.6 Å². The van der Waals surface area contributed by atoms with Crippen LogP contribution in [0.25, 0.3) is 16.6 Å². The summed E-state index contributed by atoms with van der Waals surface area (Å²) in [6.07, 6.45) is -2.75. The Balaban J connectivity index is 1.54. The summed E-state index contributed by atoms with van der Waals surface area (Å²) in [7, 11) is 0. The average molecular weight is 468 g/mol. The fourth-order valence-electron chi connectivity index (χ4n) is 3.52. The molecule has 0 bridgehead atoms. The molecular weight excluding hydrogens is 445 g/mol. The van der Waals surface area contributed by atoms with E-state index in [9.17, 15) is 18.0 Å². The summed E-state index contributed by atoms with van der Waals surface area (Å²) < 4.78 is 52.0. The Morgan fingerprint density at radius 1 is 1.09 bits per heavy atom. The van der Waals surface area contributed by atoms with E-state index in [4.69, 9.17) is 9.47 Å². The first-order chi connectivity index (χ1) is 16.1. The van der Waals surface area contributed by atoms with Gasteiger partial charge in [0.15, 0.2) is 0 Å². The van der Waals surface area contributed by atoms with Gasteiger partial charge >= 0.3 is 12.1 Å². The van der Waals surface area contributed by atoms with Crippen molar-refractivity contribution in [2.24, 2.45) is 0 Å². The van der Waals surface area contributed by atoms with Crippen molar-refractivity contribution < 1.29 is 27.4 Å². The first kappa shape index (κ1) is 23.4. The standard InChI is InChI=1S/C26H23F3N2O3/c1-4-25(32)34-24-11-10-22(12-16(24)2)33-17(3)18-8-9-19-15-31(30-23(19)13-18)21-7-5-6-20(14-21)26(27,28)29/h5-15,17H,4H2,1-3H3. The molecule has 1 heterocycles. The van der Waals surface area contributed by atoms with Gasteiger partial charge in [-0.1, -0.05) is 25.1 Å². The SMILES string of the molecule is CCC(=O)Oc1ccc(OC(C)c2ccc3cn(-c4cccc(C(F)(F)F)c4)nc3c2)cc1C. The quantitative estimate of drug-likeness (QED) is 0.230. The van der Waals surface area contributed by atoms with Crippen LogP contribution in [0.3, 0.4) is 0 Å². The number of hydrogen-bond donors (Lipinski definition) is 0. The molecule has 0 amide bonds. The van der Waals surface area contributed by atoms with E-state index in [2.05, 4.69) is 5.10 Å². The van der Waals surface area contributed by atoms with Crippen molar-refractivity contribution in [1.82, 2.24) is 9.78 Å². The number of aromatic nitrogens is 2. The van der Waals surface area contributed by atoms with Gasteiger partial charge in [0.05, 0.1) is 16.8 Å². The highest BCUT2D eigenvalue weighted by atomic mass is 19.4. The summed E-state index contributed by atoms with van der Waals surface area (Å²) >= 11 is 0. The van der Waals surface area contributed by atoms with Gasteiger partial charge in [0.1, 0.15) is 17.6 Å². The van der Waals surface area contributed by atoms with Crippen LogP contribution in [-0.4, -0.2) is 15.7 Å². The molecule has 4 rings (SSSR count). The zero-order valence-electron chi connectivity index (χ0n) is 18.9. The number of carbonyl (C=O) groups is 1. The molecule has 1 atom stereocenters. The lowest BCUT2D eigenvalue weighted by atomic mass is 10.1. The van der Waals surface area contributed by atoms with Crippen LogP contribution in [-0.2, 0) is 11.0 Å². The van der Waals surface area contributed by atoms with E-state index < -0.39 is 11.7 Å². The lowest BCUT2D eigenvalue weighted by Crippen LogP contribution is -2.07. The number of alkyl halides is 3. The van der Waals surface area contributed by atoms with Crippen LogP contribution in [0.15, 0.2) is 66.9 Å². The Morgan fingerprint density at radius 2 is 1.88 bits per heavy atom. The summed E-state index contributed by atoms with van der Waals surface area (Å²) in [6.45, 7) is 5.46.